The largest absolute Gasteiger partial charge is 2.00 e. The summed E-state index contributed by atoms with van der Waals surface area (Å²) in [6, 6.07) is 0. The van der Waals surface area contributed by atoms with Crippen molar-refractivity contribution in [1.29, 1.82) is 0 Å². The summed E-state index contributed by atoms with van der Waals surface area (Å²) in [6.07, 6.45) is 14.4. The zero-order chi connectivity index (χ0) is 13.9. The molecular weight excluding hydrogens is 362 g/mol. The minimum absolute atomic E-state index is 0. The number of hydrogen-bond donors (Lipinski definition) is 0. The van der Waals surface area contributed by atoms with Gasteiger partial charge in [-0.25, -0.2) is 0 Å². The molecule has 0 saturated carbocycles. The molecule has 0 heterocycles. The minimum Gasteiger partial charge on any atom is -0.854 e. The van der Waals surface area contributed by atoms with Crippen LogP contribution in [-0.4, -0.2) is 62.1 Å². The van der Waals surface area contributed by atoms with E-state index in [1.165, 1.54) is 51.4 Å². The molecule has 0 saturated heterocycles. The van der Waals surface area contributed by atoms with Crippen LogP contribution in [0.4, 0.5) is 0 Å². The third kappa shape index (κ3) is 32.8. The van der Waals surface area contributed by atoms with Gasteiger partial charge in [-0.1, -0.05) is 90.9 Å². The van der Waals surface area contributed by atoms with Crippen molar-refractivity contribution in [2.75, 3.05) is 13.2 Å². The maximum atomic E-state index is 9.96. The molecule has 3 heteroatoms. The summed E-state index contributed by atoms with van der Waals surface area (Å²) in [5.74, 6) is 0. The smallest absolute Gasteiger partial charge is 0.854 e. The second-order valence-electron chi connectivity index (χ2n) is 4.94. The summed E-state index contributed by atoms with van der Waals surface area (Å²) in [4.78, 5) is 0. The van der Waals surface area contributed by atoms with Crippen LogP contribution in [0.25, 0.3) is 0 Å². The molecule has 0 aliphatic heterocycles. The van der Waals surface area contributed by atoms with Gasteiger partial charge >= 0.3 is 48.9 Å². The molecule has 0 N–H and O–H groups in total. The Morgan fingerprint density at radius 2 is 0.737 bits per heavy atom. The molecule has 0 aliphatic carbocycles. The fourth-order valence-electron chi connectivity index (χ4n) is 1.76. The van der Waals surface area contributed by atoms with E-state index in [9.17, 15) is 10.2 Å². The summed E-state index contributed by atoms with van der Waals surface area (Å²) in [5.41, 5.74) is 0. The van der Waals surface area contributed by atoms with Crippen LogP contribution in [0, 0.1) is 0 Å². The van der Waals surface area contributed by atoms with Gasteiger partial charge < -0.3 is 10.2 Å². The van der Waals surface area contributed by atoms with E-state index in [1.54, 1.807) is 0 Å². The van der Waals surface area contributed by atoms with E-state index in [0.717, 1.165) is 25.7 Å². The minimum atomic E-state index is 0. The van der Waals surface area contributed by atoms with Crippen LogP contribution in [0.5, 0.6) is 0 Å². The molecule has 0 spiro atoms. The van der Waals surface area contributed by atoms with Crippen molar-refractivity contribution in [3.05, 3.63) is 0 Å². The maximum absolute atomic E-state index is 9.96. The van der Waals surface area contributed by atoms with E-state index in [1.807, 2.05) is 0 Å². The Balaban J connectivity index is -0.000000256. The molecule has 0 radical (unpaired) electrons. The summed E-state index contributed by atoms with van der Waals surface area (Å²) in [6.45, 7) is 4.64. The molecule has 0 bridgehead atoms. The van der Waals surface area contributed by atoms with Crippen molar-refractivity contribution < 1.29 is 10.2 Å². The predicted molar refractivity (Wildman–Crippen MR) is 82.2 cm³/mol. The van der Waals surface area contributed by atoms with Crippen LogP contribution in [-0.2, 0) is 0 Å². The summed E-state index contributed by atoms with van der Waals surface area (Å²) in [5, 5.41) is 19.9. The average Bonchev–Trinajstić information content (AvgIpc) is 2.39. The Morgan fingerprint density at radius 3 is 1.00 bits per heavy atom. The summed E-state index contributed by atoms with van der Waals surface area (Å²) in [7, 11) is 0. The third-order valence-corrected chi connectivity index (χ3v) is 3.00. The van der Waals surface area contributed by atoms with Crippen LogP contribution in [0.3, 0.4) is 0 Å². The van der Waals surface area contributed by atoms with Gasteiger partial charge in [-0.2, -0.15) is 0 Å². The molecule has 0 aromatic carbocycles. The molecule has 0 amide bonds. The molecule has 0 fully saturated rings. The second-order valence-corrected chi connectivity index (χ2v) is 4.94. The molecule has 0 aromatic rings. The summed E-state index contributed by atoms with van der Waals surface area (Å²) < 4.78 is 0. The first-order valence-electron chi connectivity index (χ1n) is 7.99. The average molecular weight is 396 g/mol. The van der Waals surface area contributed by atoms with Crippen LogP contribution in [0.15, 0.2) is 0 Å². The van der Waals surface area contributed by atoms with Gasteiger partial charge in [0.1, 0.15) is 0 Å². The van der Waals surface area contributed by atoms with Gasteiger partial charge in [0.05, 0.1) is 0 Å². The van der Waals surface area contributed by atoms with Crippen molar-refractivity contribution in [2.45, 2.75) is 90.9 Å². The Kier molecular flexibility index (Phi) is 37.2. The fourth-order valence-corrected chi connectivity index (χ4v) is 1.76. The first-order chi connectivity index (χ1) is 8.83. The van der Waals surface area contributed by atoms with E-state index in [4.69, 9.17) is 0 Å². The fraction of sp³-hybridized carbons (Fsp3) is 1.00. The second kappa shape index (κ2) is 27.8. The molecule has 112 valence electrons. The van der Waals surface area contributed by atoms with Crippen molar-refractivity contribution in [2.24, 2.45) is 0 Å². The predicted octanol–water partition coefficient (Wildman–Crippen LogP) is 3.03. The van der Waals surface area contributed by atoms with Gasteiger partial charge in [0.2, 0.25) is 0 Å². The van der Waals surface area contributed by atoms with E-state index < -0.39 is 0 Å². The van der Waals surface area contributed by atoms with Gasteiger partial charge in [0, 0.05) is 0 Å². The molecular formula is C16H34BaO2. The monoisotopic (exact) mass is 396 g/mol. The normalized spacial score (nSPS) is 9.47. The van der Waals surface area contributed by atoms with Crippen molar-refractivity contribution in [3.63, 3.8) is 0 Å². The molecule has 0 unspecified atom stereocenters. The van der Waals surface area contributed by atoms with E-state index >= 15 is 0 Å². The van der Waals surface area contributed by atoms with E-state index in [0.29, 0.717) is 0 Å². The quantitative estimate of drug-likeness (QED) is 0.376. The zero-order valence-electron chi connectivity index (χ0n) is 13.4. The maximum Gasteiger partial charge on any atom is 2.00 e. The van der Waals surface area contributed by atoms with E-state index in [-0.39, 0.29) is 62.1 Å². The molecule has 0 rings (SSSR count). The van der Waals surface area contributed by atoms with Crippen LogP contribution in [0.2, 0.25) is 0 Å². The first-order valence-corrected chi connectivity index (χ1v) is 7.99. The first kappa shape index (κ1) is 25.4. The van der Waals surface area contributed by atoms with Gasteiger partial charge in [0.15, 0.2) is 0 Å². The van der Waals surface area contributed by atoms with Crippen molar-refractivity contribution >= 4 is 48.9 Å². The molecule has 2 nitrogen and oxygen atoms in total. The van der Waals surface area contributed by atoms with Crippen LogP contribution >= 0.6 is 0 Å². The Hall–Kier alpha value is 1.49. The van der Waals surface area contributed by atoms with Crippen LogP contribution in [0.1, 0.15) is 90.9 Å². The molecule has 19 heavy (non-hydrogen) atoms. The molecule has 0 atom stereocenters. The summed E-state index contributed by atoms with van der Waals surface area (Å²) >= 11 is 0. The van der Waals surface area contributed by atoms with Crippen molar-refractivity contribution in [3.8, 4) is 0 Å². The number of rotatable bonds is 12. The van der Waals surface area contributed by atoms with Gasteiger partial charge in [-0.3, -0.25) is 0 Å². The standard InChI is InChI=1S/2C8H17O.Ba/c2*1-2-3-4-5-6-7-8-9;/h2*2-8H2,1H3;/q2*-1;+2. The van der Waals surface area contributed by atoms with Gasteiger partial charge in [-0.15, -0.1) is 13.2 Å². The number of unbranched alkanes of at least 4 members (excludes halogenated alkanes) is 10. The van der Waals surface area contributed by atoms with Gasteiger partial charge in [-0.05, 0) is 0 Å². The topological polar surface area (TPSA) is 46.1 Å². The number of hydrogen-bond acceptors (Lipinski definition) is 2. The Bertz CT molecular complexity index is 95.3. The zero-order valence-corrected chi connectivity index (χ0v) is 17.9. The van der Waals surface area contributed by atoms with Crippen molar-refractivity contribution in [1.82, 2.24) is 0 Å². The third-order valence-electron chi connectivity index (χ3n) is 3.00. The Morgan fingerprint density at radius 1 is 0.474 bits per heavy atom. The molecule has 0 aliphatic rings. The SMILES string of the molecule is CCCCCCCC[O-].CCCCCCCC[O-].[Ba+2]. The van der Waals surface area contributed by atoms with Crippen LogP contribution < -0.4 is 10.2 Å². The Labute approximate surface area is 161 Å². The van der Waals surface area contributed by atoms with Gasteiger partial charge in [0.25, 0.3) is 0 Å². The molecule has 0 aromatic heterocycles. The van der Waals surface area contributed by atoms with E-state index in [2.05, 4.69) is 13.8 Å².